The number of nitriles is 1. The average molecular weight is 275 g/mol. The van der Waals surface area contributed by atoms with Gasteiger partial charge in [0, 0.05) is 5.25 Å². The SMILES string of the molecule is CNC(C)(C#N)CC(C)Sc1nc2ccccc2o1. The zero-order chi connectivity index (χ0) is 13.9. The maximum absolute atomic E-state index is 9.15. The van der Waals surface area contributed by atoms with Crippen molar-refractivity contribution in [1.82, 2.24) is 10.3 Å². The van der Waals surface area contributed by atoms with Crippen molar-refractivity contribution in [2.75, 3.05) is 7.05 Å². The summed E-state index contributed by atoms with van der Waals surface area (Å²) in [5.74, 6) is 0. The lowest BCUT2D eigenvalue weighted by Crippen LogP contribution is -2.40. The van der Waals surface area contributed by atoms with E-state index in [0.29, 0.717) is 5.22 Å². The van der Waals surface area contributed by atoms with E-state index in [4.69, 9.17) is 9.68 Å². The first kappa shape index (κ1) is 13.9. The third-order valence-electron chi connectivity index (χ3n) is 3.07. The zero-order valence-electron chi connectivity index (χ0n) is 11.3. The number of aromatic nitrogens is 1. The third-order valence-corrected chi connectivity index (χ3v) is 4.02. The molecule has 1 heterocycles. The Morgan fingerprint density at radius 1 is 1.53 bits per heavy atom. The first-order valence-electron chi connectivity index (χ1n) is 6.19. The first-order valence-corrected chi connectivity index (χ1v) is 7.07. The number of hydrogen-bond acceptors (Lipinski definition) is 5. The number of para-hydroxylation sites is 2. The zero-order valence-corrected chi connectivity index (χ0v) is 12.1. The number of nitrogens with zero attached hydrogens (tertiary/aromatic N) is 2. The molecular weight excluding hydrogens is 258 g/mol. The van der Waals surface area contributed by atoms with Gasteiger partial charge >= 0.3 is 0 Å². The summed E-state index contributed by atoms with van der Waals surface area (Å²) in [6.45, 7) is 3.97. The van der Waals surface area contributed by atoms with E-state index in [9.17, 15) is 0 Å². The molecule has 0 radical (unpaired) electrons. The number of rotatable bonds is 5. The minimum atomic E-state index is -0.515. The van der Waals surface area contributed by atoms with Crippen LogP contribution >= 0.6 is 11.8 Å². The van der Waals surface area contributed by atoms with Crippen molar-refractivity contribution in [1.29, 1.82) is 5.26 Å². The molecule has 4 nitrogen and oxygen atoms in total. The second kappa shape index (κ2) is 5.64. The number of oxazole rings is 1. The lowest BCUT2D eigenvalue weighted by Gasteiger charge is -2.23. The molecule has 19 heavy (non-hydrogen) atoms. The summed E-state index contributed by atoms with van der Waals surface area (Å²) in [6, 6.07) is 10.0. The molecule has 0 saturated heterocycles. The van der Waals surface area contributed by atoms with Crippen molar-refractivity contribution < 1.29 is 4.42 Å². The lowest BCUT2D eigenvalue weighted by molar-refractivity contribution is 0.450. The summed E-state index contributed by atoms with van der Waals surface area (Å²) in [5, 5.41) is 13.1. The minimum absolute atomic E-state index is 0.241. The van der Waals surface area contributed by atoms with Crippen LogP contribution in [-0.4, -0.2) is 22.8 Å². The molecule has 0 fully saturated rings. The van der Waals surface area contributed by atoms with E-state index in [-0.39, 0.29) is 5.25 Å². The molecule has 0 bridgehead atoms. The van der Waals surface area contributed by atoms with E-state index >= 15 is 0 Å². The van der Waals surface area contributed by atoms with Crippen LogP contribution in [0.25, 0.3) is 11.1 Å². The van der Waals surface area contributed by atoms with Crippen LogP contribution in [-0.2, 0) is 0 Å². The van der Waals surface area contributed by atoms with Crippen LogP contribution in [0.5, 0.6) is 0 Å². The Kier molecular flexibility index (Phi) is 4.13. The van der Waals surface area contributed by atoms with Crippen LogP contribution in [0, 0.1) is 11.3 Å². The monoisotopic (exact) mass is 275 g/mol. The van der Waals surface area contributed by atoms with E-state index < -0.39 is 5.54 Å². The Hall–Kier alpha value is -1.51. The number of hydrogen-bond donors (Lipinski definition) is 1. The van der Waals surface area contributed by atoms with Crippen molar-refractivity contribution in [3.8, 4) is 6.07 Å². The fourth-order valence-corrected chi connectivity index (χ4v) is 2.94. The fraction of sp³-hybridized carbons (Fsp3) is 0.429. The Labute approximate surface area is 117 Å². The van der Waals surface area contributed by atoms with E-state index in [1.165, 1.54) is 0 Å². The number of nitrogens with one attached hydrogen (secondary N) is 1. The van der Waals surface area contributed by atoms with Gasteiger partial charge in [0.15, 0.2) is 5.58 Å². The van der Waals surface area contributed by atoms with Gasteiger partial charge in [0.2, 0.25) is 0 Å². The predicted molar refractivity (Wildman–Crippen MR) is 77.0 cm³/mol. The Morgan fingerprint density at radius 3 is 2.89 bits per heavy atom. The van der Waals surface area contributed by atoms with E-state index in [0.717, 1.165) is 17.5 Å². The Balaban J connectivity index is 2.06. The number of thioether (sulfide) groups is 1. The average Bonchev–Trinajstić information content (AvgIpc) is 2.80. The Morgan fingerprint density at radius 2 is 2.26 bits per heavy atom. The highest BCUT2D eigenvalue weighted by atomic mass is 32.2. The van der Waals surface area contributed by atoms with Gasteiger partial charge in [-0.15, -0.1) is 0 Å². The minimum Gasteiger partial charge on any atom is -0.431 e. The maximum Gasteiger partial charge on any atom is 0.256 e. The van der Waals surface area contributed by atoms with Gasteiger partial charge in [0.25, 0.3) is 5.22 Å². The molecule has 0 amide bonds. The largest absolute Gasteiger partial charge is 0.431 e. The van der Waals surface area contributed by atoms with Crippen molar-refractivity contribution in [3.05, 3.63) is 24.3 Å². The summed E-state index contributed by atoms with van der Waals surface area (Å²) >= 11 is 1.56. The molecule has 100 valence electrons. The molecule has 2 rings (SSSR count). The topological polar surface area (TPSA) is 61.9 Å². The van der Waals surface area contributed by atoms with Gasteiger partial charge in [-0.3, -0.25) is 0 Å². The van der Waals surface area contributed by atoms with Crippen LogP contribution in [0.2, 0.25) is 0 Å². The smallest absolute Gasteiger partial charge is 0.256 e. The number of benzene rings is 1. The summed E-state index contributed by atoms with van der Waals surface area (Å²) in [6.07, 6.45) is 0.726. The van der Waals surface area contributed by atoms with Gasteiger partial charge in [-0.2, -0.15) is 5.26 Å². The lowest BCUT2D eigenvalue weighted by atomic mass is 9.98. The second-order valence-corrected chi connectivity index (χ2v) is 6.16. The molecule has 0 aliphatic heterocycles. The van der Waals surface area contributed by atoms with Gasteiger partial charge in [-0.1, -0.05) is 30.8 Å². The molecule has 2 unspecified atom stereocenters. The van der Waals surface area contributed by atoms with Crippen LogP contribution in [0.1, 0.15) is 20.3 Å². The highest BCUT2D eigenvalue weighted by molar-refractivity contribution is 7.99. The number of fused-ring (bicyclic) bond motifs is 1. The second-order valence-electron chi connectivity index (χ2n) is 4.77. The first-order chi connectivity index (χ1) is 9.06. The molecule has 2 aromatic rings. The quantitative estimate of drug-likeness (QED) is 0.849. The fourth-order valence-electron chi connectivity index (χ4n) is 1.89. The molecule has 1 aromatic carbocycles. The Bertz CT molecular complexity index is 571. The van der Waals surface area contributed by atoms with Gasteiger partial charge in [0.1, 0.15) is 11.1 Å². The normalized spacial score (nSPS) is 15.9. The van der Waals surface area contributed by atoms with Gasteiger partial charge < -0.3 is 9.73 Å². The van der Waals surface area contributed by atoms with Crippen LogP contribution in [0.3, 0.4) is 0 Å². The van der Waals surface area contributed by atoms with Gasteiger partial charge in [0.05, 0.1) is 6.07 Å². The van der Waals surface area contributed by atoms with Gasteiger partial charge in [-0.25, -0.2) is 4.98 Å². The van der Waals surface area contributed by atoms with E-state index in [2.05, 4.69) is 23.3 Å². The maximum atomic E-state index is 9.15. The summed E-state index contributed by atoms with van der Waals surface area (Å²) in [5.41, 5.74) is 1.15. The molecule has 1 aromatic heterocycles. The molecule has 0 aliphatic carbocycles. The molecule has 0 aliphatic rings. The molecule has 2 atom stereocenters. The molecule has 1 N–H and O–H groups in total. The van der Waals surface area contributed by atoms with Crippen molar-refractivity contribution in [2.45, 2.75) is 36.3 Å². The molecule has 0 saturated carbocycles. The highest BCUT2D eigenvalue weighted by Crippen LogP contribution is 2.30. The van der Waals surface area contributed by atoms with E-state index in [1.54, 1.807) is 18.8 Å². The summed E-state index contributed by atoms with van der Waals surface area (Å²) in [4.78, 5) is 4.43. The predicted octanol–water partition coefficient (Wildman–Crippen LogP) is 3.20. The van der Waals surface area contributed by atoms with Crippen LogP contribution < -0.4 is 5.32 Å². The van der Waals surface area contributed by atoms with E-state index in [1.807, 2.05) is 31.2 Å². The van der Waals surface area contributed by atoms with Crippen molar-refractivity contribution in [2.24, 2.45) is 0 Å². The van der Waals surface area contributed by atoms with Crippen molar-refractivity contribution >= 4 is 22.9 Å². The highest BCUT2D eigenvalue weighted by Gasteiger charge is 2.25. The van der Waals surface area contributed by atoms with Gasteiger partial charge in [-0.05, 0) is 32.5 Å². The van der Waals surface area contributed by atoms with Crippen molar-refractivity contribution in [3.63, 3.8) is 0 Å². The molecule has 0 spiro atoms. The molecule has 5 heteroatoms. The van der Waals surface area contributed by atoms with Crippen LogP contribution in [0.15, 0.2) is 33.9 Å². The summed E-state index contributed by atoms with van der Waals surface area (Å²) in [7, 11) is 1.81. The summed E-state index contributed by atoms with van der Waals surface area (Å²) < 4.78 is 5.67. The third kappa shape index (κ3) is 3.28. The van der Waals surface area contributed by atoms with Crippen LogP contribution in [0.4, 0.5) is 0 Å². The standard InChI is InChI=1S/C14H17N3OS/c1-10(8-14(2,9-15)16-3)19-13-17-11-6-4-5-7-12(11)18-13/h4-7,10,16H,8H2,1-3H3. The molecular formula is C14H17N3OS.